The minimum Gasteiger partial charge on any atom is -0.348 e. The summed E-state index contributed by atoms with van der Waals surface area (Å²) in [6.45, 7) is 7.37. The summed E-state index contributed by atoms with van der Waals surface area (Å²) in [6.07, 6.45) is 1.04. The highest BCUT2D eigenvalue weighted by Gasteiger charge is 2.30. The topological polar surface area (TPSA) is 66.5 Å². The van der Waals surface area contributed by atoms with E-state index in [0.29, 0.717) is 0 Å². The lowest BCUT2D eigenvalue weighted by atomic mass is 10.00. The van der Waals surface area contributed by atoms with Crippen LogP contribution in [-0.4, -0.2) is 26.6 Å². The van der Waals surface area contributed by atoms with Gasteiger partial charge in [0.2, 0.25) is 15.9 Å². The number of carbonyl (C=O) groups is 1. The lowest BCUT2D eigenvalue weighted by Gasteiger charge is -2.29. The predicted molar refractivity (Wildman–Crippen MR) is 116 cm³/mol. The van der Waals surface area contributed by atoms with Crippen molar-refractivity contribution in [3.8, 4) is 0 Å². The zero-order valence-electron chi connectivity index (χ0n) is 16.5. The molecular weight excluding hydrogens is 419 g/mol. The molecule has 0 saturated heterocycles. The van der Waals surface area contributed by atoms with Crippen LogP contribution in [0.5, 0.6) is 0 Å². The molecule has 2 aromatic rings. The molecule has 2 rings (SSSR count). The van der Waals surface area contributed by atoms with Crippen molar-refractivity contribution in [2.24, 2.45) is 0 Å². The number of hydrogen-bond donors (Lipinski definition) is 1. The van der Waals surface area contributed by atoms with E-state index >= 15 is 0 Å². The molecule has 0 unspecified atom stereocenters. The molecule has 0 fully saturated rings. The molecule has 0 aliphatic heterocycles. The van der Waals surface area contributed by atoms with Crippen LogP contribution >= 0.6 is 23.2 Å². The third-order valence-corrected chi connectivity index (χ3v) is 6.12. The van der Waals surface area contributed by atoms with E-state index in [0.717, 1.165) is 27.3 Å². The highest BCUT2D eigenvalue weighted by Crippen LogP contribution is 2.29. The molecule has 1 N–H and O–H groups in total. The van der Waals surface area contributed by atoms with E-state index in [1.54, 1.807) is 0 Å². The number of anilines is 1. The van der Waals surface area contributed by atoms with Crippen LogP contribution in [0.1, 0.15) is 36.6 Å². The minimum absolute atomic E-state index is 0.238. The Balaban J connectivity index is 2.31. The van der Waals surface area contributed by atoms with Crippen LogP contribution in [0.15, 0.2) is 36.4 Å². The van der Waals surface area contributed by atoms with Crippen molar-refractivity contribution in [2.45, 2.75) is 39.8 Å². The first-order valence-corrected chi connectivity index (χ1v) is 11.3. The maximum absolute atomic E-state index is 12.9. The highest BCUT2D eigenvalue weighted by atomic mass is 35.5. The van der Waals surface area contributed by atoms with Crippen molar-refractivity contribution in [3.63, 3.8) is 0 Å². The number of nitrogens with one attached hydrogen (secondary N) is 1. The number of rotatable bonds is 6. The Hall–Kier alpha value is -1.76. The molecule has 8 heteroatoms. The second-order valence-electron chi connectivity index (χ2n) is 6.95. The van der Waals surface area contributed by atoms with Crippen LogP contribution in [-0.2, 0) is 14.8 Å². The first kappa shape index (κ1) is 22.5. The Kier molecular flexibility index (Phi) is 7.02. The van der Waals surface area contributed by atoms with Gasteiger partial charge in [0.15, 0.2) is 0 Å². The number of hydrogen-bond acceptors (Lipinski definition) is 3. The summed E-state index contributed by atoms with van der Waals surface area (Å²) >= 11 is 12.0. The maximum Gasteiger partial charge on any atom is 0.244 e. The molecule has 0 radical (unpaired) electrons. The zero-order valence-corrected chi connectivity index (χ0v) is 18.8. The standard InChI is InChI=1S/C20H24Cl2N2O3S/c1-12-6-7-19(13(2)8-12)14(3)23-20(25)15(4)24(28(5,26)27)18-10-16(21)9-17(22)11-18/h6-11,14-15H,1-5H3,(H,23,25)/t14-,15-/m0/s1. The third-order valence-electron chi connectivity index (χ3n) is 4.44. The van der Waals surface area contributed by atoms with E-state index in [2.05, 4.69) is 5.32 Å². The molecule has 0 saturated carbocycles. The van der Waals surface area contributed by atoms with Crippen LogP contribution in [0.25, 0.3) is 0 Å². The van der Waals surface area contributed by atoms with Gasteiger partial charge in [0.25, 0.3) is 0 Å². The monoisotopic (exact) mass is 442 g/mol. The second-order valence-corrected chi connectivity index (χ2v) is 9.69. The number of halogens is 2. The molecule has 5 nitrogen and oxygen atoms in total. The summed E-state index contributed by atoms with van der Waals surface area (Å²) in [7, 11) is -3.75. The van der Waals surface area contributed by atoms with Crippen molar-refractivity contribution in [1.29, 1.82) is 0 Å². The van der Waals surface area contributed by atoms with Crippen molar-refractivity contribution >= 4 is 44.8 Å². The number of aryl methyl sites for hydroxylation is 2. The zero-order chi connectivity index (χ0) is 21.2. The Morgan fingerprint density at radius 3 is 2.11 bits per heavy atom. The second kappa shape index (κ2) is 8.72. The Labute approximate surface area is 176 Å². The molecule has 0 aromatic heterocycles. The summed E-state index contributed by atoms with van der Waals surface area (Å²) in [5.41, 5.74) is 3.40. The number of carbonyl (C=O) groups excluding carboxylic acids is 1. The minimum atomic E-state index is -3.75. The molecule has 1 amide bonds. The van der Waals surface area contributed by atoms with Gasteiger partial charge in [0.1, 0.15) is 6.04 Å². The predicted octanol–water partition coefficient (Wildman–Crippen LogP) is 4.64. The summed E-state index contributed by atoms with van der Waals surface area (Å²) in [6, 6.07) is 9.14. The normalized spacial score (nSPS) is 13.7. The van der Waals surface area contributed by atoms with Gasteiger partial charge in [0.05, 0.1) is 18.0 Å². The summed E-state index contributed by atoms with van der Waals surface area (Å²) < 4.78 is 25.8. The van der Waals surface area contributed by atoms with Crippen molar-refractivity contribution in [2.75, 3.05) is 10.6 Å². The van der Waals surface area contributed by atoms with E-state index in [1.807, 2.05) is 39.0 Å². The van der Waals surface area contributed by atoms with Crippen molar-refractivity contribution in [1.82, 2.24) is 5.32 Å². The van der Waals surface area contributed by atoms with Crippen LogP contribution < -0.4 is 9.62 Å². The van der Waals surface area contributed by atoms with Gasteiger partial charge < -0.3 is 5.32 Å². The fourth-order valence-corrected chi connectivity index (χ4v) is 4.87. The average Bonchev–Trinajstić information content (AvgIpc) is 2.52. The first-order chi connectivity index (χ1) is 12.9. The number of benzene rings is 2. The summed E-state index contributed by atoms with van der Waals surface area (Å²) in [5.74, 6) is -0.422. The molecule has 28 heavy (non-hydrogen) atoms. The fraction of sp³-hybridized carbons (Fsp3) is 0.350. The van der Waals surface area contributed by atoms with Crippen LogP contribution in [0.4, 0.5) is 5.69 Å². The largest absolute Gasteiger partial charge is 0.348 e. The van der Waals surface area contributed by atoms with E-state index in [1.165, 1.54) is 25.1 Å². The van der Waals surface area contributed by atoms with Gasteiger partial charge in [-0.1, -0.05) is 47.0 Å². The van der Waals surface area contributed by atoms with Crippen LogP contribution in [0.3, 0.4) is 0 Å². The van der Waals surface area contributed by atoms with Crippen molar-refractivity contribution < 1.29 is 13.2 Å². The van der Waals surface area contributed by atoms with Gasteiger partial charge in [0, 0.05) is 10.0 Å². The van der Waals surface area contributed by atoms with Crippen molar-refractivity contribution in [3.05, 3.63) is 63.1 Å². The molecule has 2 atom stereocenters. The van der Waals surface area contributed by atoms with Gasteiger partial charge in [-0.2, -0.15) is 0 Å². The first-order valence-electron chi connectivity index (χ1n) is 8.73. The number of nitrogens with zero attached hydrogens (tertiary/aromatic N) is 1. The molecular formula is C20H24Cl2N2O3S. The average molecular weight is 443 g/mol. The Bertz CT molecular complexity index is 973. The van der Waals surface area contributed by atoms with Gasteiger partial charge in [-0.05, 0) is 57.0 Å². The van der Waals surface area contributed by atoms with Crippen LogP contribution in [0, 0.1) is 13.8 Å². The summed E-state index contributed by atoms with van der Waals surface area (Å²) in [5, 5.41) is 3.47. The smallest absolute Gasteiger partial charge is 0.244 e. The lowest BCUT2D eigenvalue weighted by molar-refractivity contribution is -0.122. The van der Waals surface area contributed by atoms with E-state index < -0.39 is 22.0 Å². The van der Waals surface area contributed by atoms with Crippen LogP contribution in [0.2, 0.25) is 10.0 Å². The third kappa shape index (κ3) is 5.40. The quantitative estimate of drug-likeness (QED) is 0.707. The molecule has 0 spiro atoms. The molecule has 152 valence electrons. The molecule has 0 aliphatic rings. The number of amides is 1. The Morgan fingerprint density at radius 1 is 1.04 bits per heavy atom. The molecule has 0 heterocycles. The van der Waals surface area contributed by atoms with Gasteiger partial charge in [-0.15, -0.1) is 0 Å². The van der Waals surface area contributed by atoms with E-state index in [9.17, 15) is 13.2 Å². The summed E-state index contributed by atoms with van der Waals surface area (Å²) in [4.78, 5) is 12.9. The molecule has 0 aliphatic carbocycles. The molecule has 2 aromatic carbocycles. The SMILES string of the molecule is Cc1ccc([C@H](C)NC(=O)[C@H](C)N(c2cc(Cl)cc(Cl)c2)S(C)(=O)=O)c(C)c1. The molecule has 0 bridgehead atoms. The maximum atomic E-state index is 12.9. The lowest BCUT2D eigenvalue weighted by Crippen LogP contribution is -2.48. The fourth-order valence-electron chi connectivity index (χ4n) is 3.20. The van der Waals surface area contributed by atoms with E-state index in [4.69, 9.17) is 23.2 Å². The van der Waals surface area contributed by atoms with Gasteiger partial charge in [-0.3, -0.25) is 9.10 Å². The van der Waals surface area contributed by atoms with Gasteiger partial charge in [-0.25, -0.2) is 8.42 Å². The van der Waals surface area contributed by atoms with Gasteiger partial charge >= 0.3 is 0 Å². The Morgan fingerprint density at radius 2 is 1.61 bits per heavy atom. The number of sulfonamides is 1. The highest BCUT2D eigenvalue weighted by molar-refractivity contribution is 7.92. The van der Waals surface area contributed by atoms with E-state index in [-0.39, 0.29) is 21.8 Å².